The van der Waals surface area contributed by atoms with E-state index in [1.165, 1.54) is 18.3 Å². The number of hydrogen-bond donors (Lipinski definition) is 2. The number of anilines is 2. The van der Waals surface area contributed by atoms with E-state index in [4.69, 9.17) is 5.73 Å². The Balaban J connectivity index is 1.72. The largest absolute Gasteiger partial charge is 0.380 e. The summed E-state index contributed by atoms with van der Waals surface area (Å²) in [4.78, 5) is 17.1. The first-order valence-corrected chi connectivity index (χ1v) is 7.25. The lowest BCUT2D eigenvalue weighted by Gasteiger charge is -2.20. The number of benzene rings is 1. The summed E-state index contributed by atoms with van der Waals surface area (Å²) in [6.07, 6.45) is 3.75. The summed E-state index contributed by atoms with van der Waals surface area (Å²) >= 11 is 0. The van der Waals surface area contributed by atoms with Crippen molar-refractivity contribution in [2.45, 2.75) is 12.5 Å². The Kier molecular flexibility index (Phi) is 4.10. The number of pyridine rings is 1. The van der Waals surface area contributed by atoms with Crippen LogP contribution in [0.4, 0.5) is 20.2 Å². The van der Waals surface area contributed by atoms with Gasteiger partial charge in [0.2, 0.25) is 0 Å². The van der Waals surface area contributed by atoms with E-state index in [0.717, 1.165) is 12.5 Å². The highest BCUT2D eigenvalue weighted by Gasteiger charge is 2.25. The highest BCUT2D eigenvalue weighted by Crippen LogP contribution is 2.26. The lowest BCUT2D eigenvalue weighted by Crippen LogP contribution is -2.27. The average molecular weight is 318 g/mol. The molecule has 3 rings (SSSR count). The number of amides is 1. The van der Waals surface area contributed by atoms with E-state index < -0.39 is 17.5 Å². The van der Waals surface area contributed by atoms with Crippen molar-refractivity contribution in [3.63, 3.8) is 0 Å². The highest BCUT2D eigenvalue weighted by atomic mass is 19.1. The third kappa shape index (κ3) is 3.23. The van der Waals surface area contributed by atoms with Gasteiger partial charge in [-0.3, -0.25) is 9.78 Å². The second kappa shape index (κ2) is 6.20. The molecule has 0 saturated carbocycles. The van der Waals surface area contributed by atoms with Crippen LogP contribution in [0, 0.1) is 11.6 Å². The summed E-state index contributed by atoms with van der Waals surface area (Å²) in [6, 6.07) is 5.27. The number of nitrogens with zero attached hydrogens (tertiary/aromatic N) is 2. The lowest BCUT2D eigenvalue weighted by molar-refractivity contribution is 0.100. The monoisotopic (exact) mass is 318 g/mol. The molecule has 0 spiro atoms. The minimum Gasteiger partial charge on any atom is -0.380 e. The molecule has 0 bridgehead atoms. The molecular weight excluding hydrogens is 302 g/mol. The van der Waals surface area contributed by atoms with Gasteiger partial charge in [-0.1, -0.05) is 0 Å². The lowest BCUT2D eigenvalue weighted by atomic mass is 10.2. The van der Waals surface area contributed by atoms with Crippen molar-refractivity contribution >= 4 is 17.3 Å². The molecule has 1 aliphatic rings. The normalized spacial score (nSPS) is 17.3. The van der Waals surface area contributed by atoms with Crippen molar-refractivity contribution in [3.8, 4) is 0 Å². The van der Waals surface area contributed by atoms with Crippen LogP contribution in [-0.2, 0) is 0 Å². The van der Waals surface area contributed by atoms with Crippen molar-refractivity contribution in [2.75, 3.05) is 23.3 Å². The zero-order valence-electron chi connectivity index (χ0n) is 12.3. The first-order valence-electron chi connectivity index (χ1n) is 7.25. The Morgan fingerprint density at radius 3 is 2.91 bits per heavy atom. The quantitative estimate of drug-likeness (QED) is 0.906. The number of nitrogens with one attached hydrogen (secondary N) is 1. The maximum absolute atomic E-state index is 13.9. The molecule has 2 heterocycles. The number of carbonyl (C=O) groups is 1. The number of primary amides is 1. The summed E-state index contributed by atoms with van der Waals surface area (Å²) in [5.41, 5.74) is 6.63. The van der Waals surface area contributed by atoms with Crippen LogP contribution in [-0.4, -0.2) is 30.0 Å². The highest BCUT2D eigenvalue weighted by molar-refractivity contribution is 5.98. The van der Waals surface area contributed by atoms with Gasteiger partial charge in [-0.25, -0.2) is 8.78 Å². The molecule has 1 saturated heterocycles. The molecule has 23 heavy (non-hydrogen) atoms. The molecule has 3 N–H and O–H groups in total. The Labute approximate surface area is 132 Å². The Morgan fingerprint density at radius 2 is 2.17 bits per heavy atom. The molecule has 2 aromatic rings. The van der Waals surface area contributed by atoms with Crippen molar-refractivity contribution < 1.29 is 13.6 Å². The Hall–Kier alpha value is -2.70. The van der Waals surface area contributed by atoms with Crippen LogP contribution < -0.4 is 16.0 Å². The molecule has 1 atom stereocenters. The van der Waals surface area contributed by atoms with Gasteiger partial charge in [0.25, 0.3) is 5.91 Å². The van der Waals surface area contributed by atoms with Crippen molar-refractivity contribution in [2.24, 2.45) is 5.73 Å². The summed E-state index contributed by atoms with van der Waals surface area (Å²) in [6.45, 7) is 1.18. The van der Waals surface area contributed by atoms with Crippen LogP contribution in [0.2, 0.25) is 0 Å². The standard InChI is InChI=1S/C16H16F2N4O/c17-10-1-2-15(13(18)7-10)22-6-4-11(9-22)21-14-3-5-20-8-12(14)16(19)23/h1-3,5,7-8,11H,4,6,9H2,(H2,19,23)(H,20,21)/t11-/m0/s1. The number of halogens is 2. The maximum Gasteiger partial charge on any atom is 0.252 e. The topological polar surface area (TPSA) is 71.2 Å². The van der Waals surface area contributed by atoms with E-state index in [2.05, 4.69) is 10.3 Å². The second-order valence-corrected chi connectivity index (χ2v) is 5.46. The second-order valence-electron chi connectivity index (χ2n) is 5.46. The van der Waals surface area contributed by atoms with Gasteiger partial charge in [0, 0.05) is 37.6 Å². The fourth-order valence-electron chi connectivity index (χ4n) is 2.77. The first-order chi connectivity index (χ1) is 11.0. The van der Waals surface area contributed by atoms with E-state index in [0.29, 0.717) is 30.0 Å². The van der Waals surface area contributed by atoms with Crippen LogP contribution >= 0.6 is 0 Å². The van der Waals surface area contributed by atoms with Gasteiger partial charge in [-0.15, -0.1) is 0 Å². The molecule has 7 heteroatoms. The number of nitrogens with two attached hydrogens (primary N) is 1. The molecular formula is C16H16F2N4O. The van der Waals surface area contributed by atoms with Gasteiger partial charge >= 0.3 is 0 Å². The van der Waals surface area contributed by atoms with Gasteiger partial charge in [-0.2, -0.15) is 0 Å². The summed E-state index contributed by atoms with van der Waals surface area (Å²) in [7, 11) is 0. The fraction of sp³-hybridized carbons (Fsp3) is 0.250. The molecule has 120 valence electrons. The summed E-state index contributed by atoms with van der Waals surface area (Å²) in [5, 5.41) is 3.24. The predicted molar refractivity (Wildman–Crippen MR) is 83.4 cm³/mol. The molecule has 0 radical (unpaired) electrons. The molecule has 5 nitrogen and oxygen atoms in total. The first kappa shape index (κ1) is 15.2. The molecule has 1 aliphatic heterocycles. The minimum atomic E-state index is -0.594. The number of carbonyl (C=O) groups excluding carboxylic acids is 1. The van der Waals surface area contributed by atoms with E-state index in [-0.39, 0.29) is 6.04 Å². The predicted octanol–water partition coefficient (Wildman–Crippen LogP) is 2.15. The zero-order chi connectivity index (χ0) is 16.4. The average Bonchev–Trinajstić information content (AvgIpc) is 2.96. The van der Waals surface area contributed by atoms with Crippen LogP contribution in [0.25, 0.3) is 0 Å². The third-order valence-corrected chi connectivity index (χ3v) is 3.88. The minimum absolute atomic E-state index is 0.0277. The molecule has 0 unspecified atom stereocenters. The number of rotatable bonds is 4. The zero-order valence-corrected chi connectivity index (χ0v) is 12.3. The van der Waals surface area contributed by atoms with E-state index in [1.54, 1.807) is 12.3 Å². The molecule has 1 aromatic carbocycles. The third-order valence-electron chi connectivity index (χ3n) is 3.88. The Morgan fingerprint density at radius 1 is 1.35 bits per heavy atom. The van der Waals surface area contributed by atoms with Crippen LogP contribution in [0.15, 0.2) is 36.7 Å². The Bertz CT molecular complexity index is 738. The number of hydrogen-bond acceptors (Lipinski definition) is 4. The molecule has 1 fully saturated rings. The van der Waals surface area contributed by atoms with Crippen molar-refractivity contribution in [1.29, 1.82) is 0 Å². The van der Waals surface area contributed by atoms with Crippen molar-refractivity contribution in [1.82, 2.24) is 4.98 Å². The fourth-order valence-corrected chi connectivity index (χ4v) is 2.77. The van der Waals surface area contributed by atoms with Crippen molar-refractivity contribution in [3.05, 3.63) is 53.9 Å². The summed E-state index contributed by atoms with van der Waals surface area (Å²) in [5.74, 6) is -1.73. The van der Waals surface area contributed by atoms with E-state index >= 15 is 0 Å². The SMILES string of the molecule is NC(=O)c1cnccc1N[C@H]1CCN(c2ccc(F)cc2F)C1. The van der Waals surface area contributed by atoms with Gasteiger partial charge in [-0.05, 0) is 24.6 Å². The summed E-state index contributed by atoms with van der Waals surface area (Å²) < 4.78 is 26.9. The van der Waals surface area contributed by atoms with Crippen LogP contribution in [0.1, 0.15) is 16.8 Å². The van der Waals surface area contributed by atoms with E-state index in [1.807, 2.05) is 4.90 Å². The smallest absolute Gasteiger partial charge is 0.252 e. The van der Waals surface area contributed by atoms with Gasteiger partial charge in [0.15, 0.2) is 0 Å². The molecule has 0 aliphatic carbocycles. The van der Waals surface area contributed by atoms with Gasteiger partial charge in [0.05, 0.1) is 16.9 Å². The maximum atomic E-state index is 13.9. The molecule has 1 aromatic heterocycles. The van der Waals surface area contributed by atoms with E-state index in [9.17, 15) is 13.6 Å². The van der Waals surface area contributed by atoms with Gasteiger partial charge in [0.1, 0.15) is 11.6 Å². The number of aromatic nitrogens is 1. The van der Waals surface area contributed by atoms with Crippen LogP contribution in [0.3, 0.4) is 0 Å². The van der Waals surface area contributed by atoms with Crippen LogP contribution in [0.5, 0.6) is 0 Å². The van der Waals surface area contributed by atoms with Gasteiger partial charge < -0.3 is 16.0 Å². The molecule has 1 amide bonds.